The van der Waals surface area contributed by atoms with Gasteiger partial charge >= 0.3 is 0 Å². The van der Waals surface area contributed by atoms with Crippen molar-refractivity contribution in [2.24, 2.45) is 5.41 Å². The minimum absolute atomic E-state index is 0.151. The van der Waals surface area contributed by atoms with E-state index in [2.05, 4.69) is 13.8 Å². The van der Waals surface area contributed by atoms with E-state index in [0.717, 1.165) is 28.7 Å². The van der Waals surface area contributed by atoms with Crippen molar-refractivity contribution in [2.45, 2.75) is 31.6 Å². The summed E-state index contributed by atoms with van der Waals surface area (Å²) in [6.45, 7) is 4.20. The van der Waals surface area contributed by atoms with E-state index in [1.165, 1.54) is 6.26 Å². The molecule has 4 heteroatoms. The SMILES string of the molecule is CCC1(C)CC(=O)C(c2ccccc2)=C1c1ccc(S(C)(=O)=O)cc1. The Hall–Kier alpha value is -2.20. The van der Waals surface area contributed by atoms with E-state index in [4.69, 9.17) is 0 Å². The summed E-state index contributed by atoms with van der Waals surface area (Å²) in [5.41, 5.74) is 3.38. The van der Waals surface area contributed by atoms with Crippen LogP contribution in [0.1, 0.15) is 37.8 Å². The number of benzene rings is 2. The second kappa shape index (κ2) is 6.26. The maximum Gasteiger partial charge on any atom is 0.175 e. The molecule has 1 aliphatic carbocycles. The number of allylic oxidation sites excluding steroid dienone is 2. The van der Waals surface area contributed by atoms with E-state index in [9.17, 15) is 13.2 Å². The lowest BCUT2D eigenvalue weighted by Crippen LogP contribution is -2.14. The van der Waals surface area contributed by atoms with Gasteiger partial charge in [-0.2, -0.15) is 0 Å². The van der Waals surface area contributed by atoms with Crippen LogP contribution in [0.25, 0.3) is 11.1 Å². The minimum Gasteiger partial charge on any atom is -0.294 e. The fourth-order valence-electron chi connectivity index (χ4n) is 3.55. The van der Waals surface area contributed by atoms with Gasteiger partial charge in [0.1, 0.15) is 0 Å². The maximum absolute atomic E-state index is 12.8. The molecule has 0 saturated heterocycles. The molecule has 0 spiro atoms. The number of carbonyl (C=O) groups excluding carboxylic acids is 1. The van der Waals surface area contributed by atoms with Gasteiger partial charge in [-0.05, 0) is 35.3 Å². The average Bonchev–Trinajstić information content (AvgIpc) is 2.86. The first kappa shape index (κ1) is 17.6. The lowest BCUT2D eigenvalue weighted by Gasteiger charge is -2.26. The van der Waals surface area contributed by atoms with Crippen molar-refractivity contribution in [2.75, 3.05) is 6.26 Å². The summed E-state index contributed by atoms with van der Waals surface area (Å²) in [4.78, 5) is 13.1. The molecule has 1 unspecified atom stereocenters. The quantitative estimate of drug-likeness (QED) is 0.818. The first-order valence-corrected chi connectivity index (χ1v) is 10.3. The molecule has 130 valence electrons. The third kappa shape index (κ3) is 3.19. The Morgan fingerprint density at radius 3 is 2.08 bits per heavy atom. The fourth-order valence-corrected chi connectivity index (χ4v) is 4.18. The van der Waals surface area contributed by atoms with Gasteiger partial charge in [-0.1, -0.05) is 56.3 Å². The Morgan fingerprint density at radius 2 is 1.56 bits per heavy atom. The molecule has 1 atom stereocenters. The third-order valence-corrected chi connectivity index (χ3v) is 6.23. The lowest BCUT2D eigenvalue weighted by atomic mass is 9.77. The number of hydrogen-bond donors (Lipinski definition) is 0. The van der Waals surface area contributed by atoms with E-state index < -0.39 is 9.84 Å². The molecule has 0 aliphatic heterocycles. The lowest BCUT2D eigenvalue weighted by molar-refractivity contribution is -0.114. The molecule has 0 amide bonds. The highest BCUT2D eigenvalue weighted by Gasteiger charge is 2.41. The Bertz CT molecular complexity index is 938. The van der Waals surface area contributed by atoms with Crippen LogP contribution in [0, 0.1) is 5.41 Å². The summed E-state index contributed by atoms with van der Waals surface area (Å²) in [6, 6.07) is 16.6. The molecule has 1 aliphatic rings. The van der Waals surface area contributed by atoms with Crippen molar-refractivity contribution >= 4 is 26.8 Å². The molecule has 0 N–H and O–H groups in total. The van der Waals surface area contributed by atoms with Gasteiger partial charge in [-0.3, -0.25) is 4.79 Å². The largest absolute Gasteiger partial charge is 0.294 e. The molecular formula is C21H22O3S. The monoisotopic (exact) mass is 354 g/mol. The van der Waals surface area contributed by atoms with E-state index in [0.29, 0.717) is 11.3 Å². The van der Waals surface area contributed by atoms with Crippen LogP contribution in [-0.4, -0.2) is 20.5 Å². The smallest absolute Gasteiger partial charge is 0.175 e. The van der Waals surface area contributed by atoms with Crippen LogP contribution in [0.2, 0.25) is 0 Å². The van der Waals surface area contributed by atoms with Gasteiger partial charge in [-0.25, -0.2) is 8.42 Å². The average molecular weight is 354 g/mol. The van der Waals surface area contributed by atoms with Gasteiger partial charge in [0.05, 0.1) is 4.90 Å². The van der Waals surface area contributed by atoms with E-state index in [1.807, 2.05) is 42.5 Å². The Labute approximate surface area is 149 Å². The van der Waals surface area contributed by atoms with Crippen LogP contribution in [0.3, 0.4) is 0 Å². The molecule has 0 bridgehead atoms. The molecular weight excluding hydrogens is 332 g/mol. The van der Waals surface area contributed by atoms with Crippen molar-refractivity contribution in [3.63, 3.8) is 0 Å². The summed E-state index contributed by atoms with van der Waals surface area (Å²) in [7, 11) is -3.24. The Balaban J connectivity index is 2.23. The summed E-state index contributed by atoms with van der Waals surface area (Å²) in [6.07, 6.45) is 2.53. The molecule has 2 aromatic rings. The zero-order chi connectivity index (χ0) is 18.2. The molecule has 0 fully saturated rings. The second-order valence-electron chi connectivity index (χ2n) is 6.93. The standard InChI is InChI=1S/C21H22O3S/c1-4-21(2)14-18(22)19(15-8-6-5-7-9-15)20(21)16-10-12-17(13-11-16)25(3,23)24/h5-13H,4,14H2,1-3H3. The summed E-state index contributed by atoms with van der Waals surface area (Å²) in [5, 5.41) is 0. The van der Waals surface area contributed by atoms with Crippen LogP contribution < -0.4 is 0 Å². The van der Waals surface area contributed by atoms with E-state index in [-0.39, 0.29) is 11.2 Å². The summed E-state index contributed by atoms with van der Waals surface area (Å²) in [5.74, 6) is 0.151. The number of hydrogen-bond acceptors (Lipinski definition) is 3. The number of rotatable bonds is 4. The van der Waals surface area contributed by atoms with E-state index >= 15 is 0 Å². The van der Waals surface area contributed by atoms with Crippen molar-refractivity contribution in [1.82, 2.24) is 0 Å². The van der Waals surface area contributed by atoms with Gasteiger partial charge in [0, 0.05) is 23.7 Å². The van der Waals surface area contributed by atoms with Gasteiger partial charge in [0.2, 0.25) is 0 Å². The molecule has 3 nitrogen and oxygen atoms in total. The number of carbonyl (C=O) groups is 1. The Morgan fingerprint density at radius 1 is 0.960 bits per heavy atom. The van der Waals surface area contributed by atoms with E-state index in [1.54, 1.807) is 12.1 Å². The molecule has 0 radical (unpaired) electrons. The van der Waals surface area contributed by atoms with Gasteiger partial charge in [0.25, 0.3) is 0 Å². The highest BCUT2D eigenvalue weighted by Crippen LogP contribution is 2.51. The second-order valence-corrected chi connectivity index (χ2v) is 8.94. The van der Waals surface area contributed by atoms with Crippen LogP contribution in [0.15, 0.2) is 59.5 Å². The molecule has 2 aromatic carbocycles. The zero-order valence-electron chi connectivity index (χ0n) is 14.7. The van der Waals surface area contributed by atoms with Gasteiger partial charge in [0.15, 0.2) is 15.6 Å². The van der Waals surface area contributed by atoms with Crippen LogP contribution in [0.5, 0.6) is 0 Å². The molecule has 3 rings (SSSR count). The van der Waals surface area contributed by atoms with Crippen molar-refractivity contribution in [1.29, 1.82) is 0 Å². The first-order valence-electron chi connectivity index (χ1n) is 8.40. The number of Topliss-reactive ketones (excluding diaryl/α,β-unsaturated/α-hetero) is 1. The van der Waals surface area contributed by atoms with Crippen LogP contribution in [0.4, 0.5) is 0 Å². The number of sulfone groups is 1. The van der Waals surface area contributed by atoms with Crippen molar-refractivity contribution < 1.29 is 13.2 Å². The molecule has 0 heterocycles. The predicted octanol–water partition coefficient (Wildman–Crippen LogP) is 4.39. The first-order chi connectivity index (χ1) is 11.8. The van der Waals surface area contributed by atoms with Gasteiger partial charge in [-0.15, -0.1) is 0 Å². The fraction of sp³-hybridized carbons (Fsp3) is 0.286. The van der Waals surface area contributed by atoms with Crippen molar-refractivity contribution in [3.8, 4) is 0 Å². The third-order valence-electron chi connectivity index (χ3n) is 5.10. The Kier molecular flexibility index (Phi) is 4.41. The van der Waals surface area contributed by atoms with Crippen LogP contribution in [-0.2, 0) is 14.6 Å². The molecule has 25 heavy (non-hydrogen) atoms. The normalized spacial score (nSPS) is 21.0. The maximum atomic E-state index is 12.8. The van der Waals surface area contributed by atoms with Gasteiger partial charge < -0.3 is 0 Å². The van der Waals surface area contributed by atoms with Crippen LogP contribution >= 0.6 is 0 Å². The predicted molar refractivity (Wildman–Crippen MR) is 101 cm³/mol. The summed E-state index contributed by atoms with van der Waals surface area (Å²) < 4.78 is 23.4. The molecule has 0 saturated carbocycles. The topological polar surface area (TPSA) is 51.2 Å². The van der Waals surface area contributed by atoms with Crippen molar-refractivity contribution in [3.05, 3.63) is 65.7 Å². The molecule has 0 aromatic heterocycles. The zero-order valence-corrected chi connectivity index (χ0v) is 15.6. The summed E-state index contributed by atoms with van der Waals surface area (Å²) >= 11 is 0. The highest BCUT2D eigenvalue weighted by molar-refractivity contribution is 7.90. The number of ketones is 1. The minimum atomic E-state index is -3.24. The highest BCUT2D eigenvalue weighted by atomic mass is 32.2.